The van der Waals surface area contributed by atoms with E-state index in [0.29, 0.717) is 27.9 Å². The Labute approximate surface area is 158 Å². The van der Waals surface area contributed by atoms with E-state index in [9.17, 15) is 8.42 Å². The number of aromatic nitrogens is 1. The van der Waals surface area contributed by atoms with Gasteiger partial charge in [0.15, 0.2) is 0 Å². The van der Waals surface area contributed by atoms with Gasteiger partial charge in [-0.2, -0.15) is 0 Å². The van der Waals surface area contributed by atoms with E-state index < -0.39 is 10.0 Å². The fourth-order valence-corrected chi connectivity index (χ4v) is 4.08. The minimum atomic E-state index is -3.64. The van der Waals surface area contributed by atoms with Gasteiger partial charge in [0.1, 0.15) is 5.76 Å². The first-order valence-corrected chi connectivity index (χ1v) is 9.91. The number of aryl methyl sites for hydroxylation is 3. The van der Waals surface area contributed by atoms with Crippen molar-refractivity contribution in [3.63, 3.8) is 0 Å². The number of benzene rings is 2. The van der Waals surface area contributed by atoms with Gasteiger partial charge in [0.2, 0.25) is 15.9 Å². The lowest BCUT2D eigenvalue weighted by Crippen LogP contribution is -2.24. The molecule has 2 aromatic carbocycles. The predicted molar refractivity (Wildman–Crippen MR) is 102 cm³/mol. The maximum absolute atomic E-state index is 12.6. The number of oxazole rings is 1. The lowest BCUT2D eigenvalue weighted by molar-refractivity contribution is 0.538. The third-order valence-electron chi connectivity index (χ3n) is 4.01. The molecule has 7 heteroatoms. The lowest BCUT2D eigenvalue weighted by Gasteiger charge is -2.09. The second-order valence-corrected chi connectivity index (χ2v) is 8.30. The summed E-state index contributed by atoms with van der Waals surface area (Å²) >= 11 is 5.99. The highest BCUT2D eigenvalue weighted by molar-refractivity contribution is 7.89. The number of nitrogens with one attached hydrogen (secondary N) is 1. The van der Waals surface area contributed by atoms with Crippen LogP contribution in [0.5, 0.6) is 0 Å². The second-order valence-electron chi connectivity index (χ2n) is 6.13. The van der Waals surface area contributed by atoms with Crippen LogP contribution in [0.1, 0.15) is 22.6 Å². The van der Waals surface area contributed by atoms with Crippen LogP contribution in [-0.2, 0) is 16.6 Å². The summed E-state index contributed by atoms with van der Waals surface area (Å²) in [7, 11) is -3.64. The summed E-state index contributed by atoms with van der Waals surface area (Å²) < 4.78 is 33.4. The molecule has 0 amide bonds. The fourth-order valence-electron chi connectivity index (χ4n) is 2.68. The van der Waals surface area contributed by atoms with Crippen molar-refractivity contribution >= 4 is 21.6 Å². The first kappa shape index (κ1) is 18.6. The Kier molecular flexibility index (Phi) is 5.18. The molecular formula is C19H19ClN2O3S. The molecular weight excluding hydrogens is 372 g/mol. The van der Waals surface area contributed by atoms with Crippen molar-refractivity contribution in [1.29, 1.82) is 0 Å². The fraction of sp³-hybridized carbons (Fsp3) is 0.211. The molecule has 0 bridgehead atoms. The minimum Gasteiger partial charge on any atom is -0.441 e. The zero-order valence-electron chi connectivity index (χ0n) is 14.7. The summed E-state index contributed by atoms with van der Waals surface area (Å²) in [6.07, 6.45) is 0. The van der Waals surface area contributed by atoms with Gasteiger partial charge < -0.3 is 4.42 Å². The zero-order chi connectivity index (χ0) is 18.9. The van der Waals surface area contributed by atoms with E-state index in [2.05, 4.69) is 9.71 Å². The van der Waals surface area contributed by atoms with Crippen LogP contribution in [0.4, 0.5) is 0 Å². The van der Waals surface area contributed by atoms with Crippen LogP contribution in [0.15, 0.2) is 51.8 Å². The largest absolute Gasteiger partial charge is 0.441 e. The molecule has 0 aliphatic carbocycles. The average Bonchev–Trinajstić information content (AvgIpc) is 2.94. The minimum absolute atomic E-state index is 0.0472. The van der Waals surface area contributed by atoms with E-state index in [4.69, 9.17) is 16.0 Å². The first-order chi connectivity index (χ1) is 12.3. The van der Waals surface area contributed by atoms with E-state index in [1.807, 2.05) is 19.1 Å². The van der Waals surface area contributed by atoms with Crippen molar-refractivity contribution < 1.29 is 12.8 Å². The van der Waals surface area contributed by atoms with Gasteiger partial charge in [0.05, 0.1) is 17.1 Å². The molecule has 0 radical (unpaired) electrons. The standard InChI is InChI=1S/C19H19ClN2O3S/c1-12-7-8-18(13(2)9-12)26(23,24)21-11-17-14(3)25-19(22-17)15-5-4-6-16(20)10-15/h4-10,21H,11H2,1-3H3. The molecule has 0 saturated heterocycles. The SMILES string of the molecule is Cc1ccc(S(=O)(=O)NCc2nc(-c3cccc(Cl)c3)oc2C)c(C)c1. The highest BCUT2D eigenvalue weighted by Crippen LogP contribution is 2.24. The van der Waals surface area contributed by atoms with Crippen molar-refractivity contribution in [1.82, 2.24) is 9.71 Å². The van der Waals surface area contributed by atoms with Crippen LogP contribution in [0.3, 0.4) is 0 Å². The van der Waals surface area contributed by atoms with E-state index in [-0.39, 0.29) is 11.4 Å². The second kappa shape index (κ2) is 7.23. The van der Waals surface area contributed by atoms with E-state index in [1.54, 1.807) is 44.2 Å². The van der Waals surface area contributed by atoms with E-state index in [0.717, 1.165) is 11.1 Å². The molecule has 0 spiro atoms. The van der Waals surface area contributed by atoms with Gasteiger partial charge in [0, 0.05) is 10.6 Å². The highest BCUT2D eigenvalue weighted by atomic mass is 35.5. The first-order valence-electron chi connectivity index (χ1n) is 8.05. The maximum Gasteiger partial charge on any atom is 0.241 e. The summed E-state index contributed by atoms with van der Waals surface area (Å²) in [5.74, 6) is 0.967. The monoisotopic (exact) mass is 390 g/mol. The number of sulfonamides is 1. The number of hydrogen-bond acceptors (Lipinski definition) is 4. The van der Waals surface area contributed by atoms with Crippen LogP contribution in [0.25, 0.3) is 11.5 Å². The molecule has 5 nitrogen and oxygen atoms in total. The van der Waals surface area contributed by atoms with Gasteiger partial charge in [-0.25, -0.2) is 18.1 Å². The quantitative estimate of drug-likeness (QED) is 0.700. The summed E-state index contributed by atoms with van der Waals surface area (Å²) in [6, 6.07) is 12.4. The Hall–Kier alpha value is -2.15. The van der Waals surface area contributed by atoms with Gasteiger partial charge in [-0.1, -0.05) is 35.4 Å². The van der Waals surface area contributed by atoms with Crippen molar-refractivity contribution in [2.24, 2.45) is 0 Å². The van der Waals surface area contributed by atoms with Crippen LogP contribution >= 0.6 is 11.6 Å². The molecule has 0 aliphatic rings. The predicted octanol–water partition coefficient (Wildman–Crippen LogP) is 4.40. The Morgan fingerprint density at radius 1 is 1.12 bits per heavy atom. The third kappa shape index (κ3) is 3.98. The molecule has 0 atom stereocenters. The maximum atomic E-state index is 12.6. The smallest absolute Gasteiger partial charge is 0.241 e. The van der Waals surface area contributed by atoms with Gasteiger partial charge in [0.25, 0.3) is 0 Å². The topological polar surface area (TPSA) is 72.2 Å². The van der Waals surface area contributed by atoms with Crippen molar-refractivity contribution in [2.45, 2.75) is 32.2 Å². The summed E-state index contributed by atoms with van der Waals surface area (Å²) in [5, 5.41) is 0.579. The molecule has 26 heavy (non-hydrogen) atoms. The normalized spacial score (nSPS) is 11.7. The van der Waals surface area contributed by atoms with Crippen molar-refractivity contribution in [2.75, 3.05) is 0 Å². The summed E-state index contributed by atoms with van der Waals surface area (Å²) in [5.41, 5.74) is 2.99. The number of nitrogens with zero attached hydrogens (tertiary/aromatic N) is 1. The highest BCUT2D eigenvalue weighted by Gasteiger charge is 2.19. The number of halogens is 1. The van der Waals surface area contributed by atoms with Gasteiger partial charge in [-0.15, -0.1) is 0 Å². The van der Waals surface area contributed by atoms with Gasteiger partial charge >= 0.3 is 0 Å². The molecule has 0 unspecified atom stereocenters. The molecule has 3 aromatic rings. The molecule has 3 rings (SSSR count). The van der Waals surface area contributed by atoms with Crippen LogP contribution in [-0.4, -0.2) is 13.4 Å². The van der Waals surface area contributed by atoms with Gasteiger partial charge in [-0.05, 0) is 50.6 Å². The Balaban J connectivity index is 1.81. The number of rotatable bonds is 5. The number of hydrogen-bond donors (Lipinski definition) is 1. The lowest BCUT2D eigenvalue weighted by atomic mass is 10.2. The molecule has 0 saturated carbocycles. The van der Waals surface area contributed by atoms with Crippen LogP contribution < -0.4 is 4.72 Å². The zero-order valence-corrected chi connectivity index (χ0v) is 16.3. The van der Waals surface area contributed by atoms with Crippen LogP contribution in [0, 0.1) is 20.8 Å². The Morgan fingerprint density at radius 2 is 1.88 bits per heavy atom. The third-order valence-corrected chi connectivity index (χ3v) is 5.81. The Morgan fingerprint density at radius 3 is 2.58 bits per heavy atom. The summed E-state index contributed by atoms with van der Waals surface area (Å²) in [4.78, 5) is 4.67. The summed E-state index contributed by atoms with van der Waals surface area (Å²) in [6.45, 7) is 5.50. The average molecular weight is 391 g/mol. The van der Waals surface area contributed by atoms with E-state index in [1.165, 1.54) is 0 Å². The Bertz CT molecular complexity index is 1060. The molecule has 1 heterocycles. The molecule has 136 valence electrons. The van der Waals surface area contributed by atoms with Crippen molar-refractivity contribution in [3.05, 3.63) is 70.1 Å². The van der Waals surface area contributed by atoms with E-state index >= 15 is 0 Å². The van der Waals surface area contributed by atoms with Crippen molar-refractivity contribution in [3.8, 4) is 11.5 Å². The van der Waals surface area contributed by atoms with Gasteiger partial charge in [-0.3, -0.25) is 0 Å². The van der Waals surface area contributed by atoms with Crippen LogP contribution in [0.2, 0.25) is 5.02 Å². The molecule has 1 N–H and O–H groups in total. The molecule has 0 aliphatic heterocycles. The molecule has 1 aromatic heterocycles. The molecule has 0 fully saturated rings.